The summed E-state index contributed by atoms with van der Waals surface area (Å²) < 4.78 is 10.1. The Morgan fingerprint density at radius 2 is 1.93 bits per heavy atom. The number of rotatable bonds is 6. The zero-order valence-electron chi connectivity index (χ0n) is 16.7. The Kier molecular flexibility index (Phi) is 5.97. The van der Waals surface area contributed by atoms with Crippen LogP contribution in [0.3, 0.4) is 0 Å². The largest absolute Gasteiger partial charge is 0.497 e. The number of benzene rings is 1. The Labute approximate surface area is 172 Å². The first kappa shape index (κ1) is 19.4. The van der Waals surface area contributed by atoms with Crippen molar-refractivity contribution in [3.63, 3.8) is 0 Å². The molecule has 1 aliphatic carbocycles. The molecule has 1 aliphatic heterocycles. The summed E-state index contributed by atoms with van der Waals surface area (Å²) in [6.45, 7) is 6.50. The number of allylic oxidation sites excluding steroid dienone is 1. The molecule has 5 nitrogen and oxygen atoms in total. The van der Waals surface area contributed by atoms with Gasteiger partial charge in [-0.2, -0.15) is 5.10 Å². The molecule has 0 N–H and O–H groups in total. The van der Waals surface area contributed by atoms with Crippen molar-refractivity contribution in [2.75, 3.05) is 13.7 Å². The second-order valence-electron chi connectivity index (χ2n) is 7.94. The van der Waals surface area contributed by atoms with E-state index in [2.05, 4.69) is 16.0 Å². The molecular formula is C22H30N4OS. The molecule has 1 saturated carbocycles. The van der Waals surface area contributed by atoms with Crippen molar-refractivity contribution in [1.82, 2.24) is 19.2 Å². The molecule has 2 heterocycles. The Hall–Kier alpha value is -1.92. The quantitative estimate of drug-likeness (QED) is 0.513. The number of nitrogens with zero attached hydrogens (tertiary/aromatic N) is 4. The third kappa shape index (κ3) is 3.80. The van der Waals surface area contributed by atoms with Crippen LogP contribution in [0, 0.1) is 10.7 Å². The van der Waals surface area contributed by atoms with Gasteiger partial charge in [0.2, 0.25) is 0 Å². The predicted octanol–water partition coefficient (Wildman–Crippen LogP) is 4.89. The number of hydrogen-bond donors (Lipinski definition) is 0. The molecule has 150 valence electrons. The van der Waals surface area contributed by atoms with Gasteiger partial charge >= 0.3 is 0 Å². The standard InChI is InChI=1S/C22H30N4OS/c1-3-14-25-21(18-10-12-19(27-2)13-11-18)23-26(22(25)28)16-24-15-6-8-17-7-4-5-9-20(17)24/h3,10-13,17,20H,1,4-9,14-16H2,2H3/t17-,20+/m1/s1. The fourth-order valence-corrected chi connectivity index (χ4v) is 5.12. The Balaban J connectivity index is 1.63. The van der Waals surface area contributed by atoms with Crippen molar-refractivity contribution in [2.24, 2.45) is 5.92 Å². The molecule has 0 spiro atoms. The highest BCUT2D eigenvalue weighted by Gasteiger charge is 2.33. The lowest BCUT2D eigenvalue weighted by molar-refractivity contribution is 0.0323. The first-order valence-corrected chi connectivity index (χ1v) is 10.8. The Morgan fingerprint density at radius 3 is 2.68 bits per heavy atom. The van der Waals surface area contributed by atoms with E-state index >= 15 is 0 Å². The molecule has 0 bridgehead atoms. The van der Waals surface area contributed by atoms with Crippen molar-refractivity contribution in [2.45, 2.75) is 57.8 Å². The second kappa shape index (κ2) is 8.62. The summed E-state index contributed by atoms with van der Waals surface area (Å²) in [5, 5.41) is 4.93. The van der Waals surface area contributed by atoms with E-state index in [-0.39, 0.29) is 0 Å². The molecule has 6 heteroatoms. The molecule has 1 aromatic carbocycles. The van der Waals surface area contributed by atoms with Crippen LogP contribution in [-0.2, 0) is 13.2 Å². The molecule has 1 aromatic heterocycles. The average Bonchev–Trinajstić information content (AvgIpc) is 3.04. The molecule has 2 fully saturated rings. The zero-order valence-corrected chi connectivity index (χ0v) is 17.5. The number of methoxy groups -OCH3 is 1. The van der Waals surface area contributed by atoms with E-state index in [1.54, 1.807) is 7.11 Å². The lowest BCUT2D eigenvalue weighted by Gasteiger charge is -2.43. The van der Waals surface area contributed by atoms with E-state index in [0.29, 0.717) is 12.6 Å². The molecule has 2 atom stereocenters. The molecule has 2 aliphatic rings. The van der Waals surface area contributed by atoms with Crippen LogP contribution < -0.4 is 4.74 Å². The van der Waals surface area contributed by atoms with Crippen molar-refractivity contribution in [3.8, 4) is 17.1 Å². The Morgan fingerprint density at radius 1 is 1.18 bits per heavy atom. The van der Waals surface area contributed by atoms with Crippen molar-refractivity contribution in [1.29, 1.82) is 0 Å². The van der Waals surface area contributed by atoms with Gasteiger partial charge in [0.25, 0.3) is 0 Å². The van der Waals surface area contributed by atoms with Crippen LogP contribution in [0.4, 0.5) is 0 Å². The minimum Gasteiger partial charge on any atom is -0.497 e. The first-order valence-electron chi connectivity index (χ1n) is 10.4. The topological polar surface area (TPSA) is 35.2 Å². The van der Waals surface area contributed by atoms with Crippen LogP contribution in [0.2, 0.25) is 0 Å². The van der Waals surface area contributed by atoms with Crippen LogP contribution in [0.1, 0.15) is 38.5 Å². The number of aromatic nitrogens is 3. The van der Waals surface area contributed by atoms with Gasteiger partial charge in [0, 0.05) is 24.7 Å². The molecule has 28 heavy (non-hydrogen) atoms. The fraction of sp³-hybridized carbons (Fsp3) is 0.545. The molecule has 2 aromatic rings. The van der Waals surface area contributed by atoms with E-state index in [0.717, 1.165) is 41.0 Å². The SMILES string of the molecule is C=CCn1c(-c2ccc(OC)cc2)nn(CN2CCC[C@H]3CCCC[C@@H]32)c1=S. The number of likely N-dealkylation sites (tertiary alicyclic amines) is 1. The van der Waals surface area contributed by atoms with Gasteiger partial charge in [0.15, 0.2) is 10.6 Å². The van der Waals surface area contributed by atoms with E-state index in [9.17, 15) is 0 Å². The van der Waals surface area contributed by atoms with Crippen LogP contribution in [-0.4, -0.2) is 38.9 Å². The highest BCUT2D eigenvalue weighted by atomic mass is 32.1. The van der Waals surface area contributed by atoms with Crippen molar-refractivity contribution >= 4 is 12.2 Å². The molecule has 0 unspecified atom stereocenters. The summed E-state index contributed by atoms with van der Waals surface area (Å²) in [6.07, 6.45) is 10.00. The van der Waals surface area contributed by atoms with Gasteiger partial charge in [-0.1, -0.05) is 18.9 Å². The highest BCUT2D eigenvalue weighted by Crippen LogP contribution is 2.35. The summed E-state index contributed by atoms with van der Waals surface area (Å²) in [5.74, 6) is 2.59. The van der Waals surface area contributed by atoms with Crippen LogP contribution in [0.15, 0.2) is 36.9 Å². The normalized spacial score (nSPS) is 22.6. The number of fused-ring (bicyclic) bond motifs is 1. The van der Waals surface area contributed by atoms with Gasteiger partial charge in [-0.25, -0.2) is 4.68 Å². The highest BCUT2D eigenvalue weighted by molar-refractivity contribution is 7.71. The van der Waals surface area contributed by atoms with Crippen molar-refractivity contribution in [3.05, 3.63) is 41.7 Å². The monoisotopic (exact) mass is 398 g/mol. The maximum absolute atomic E-state index is 5.81. The number of ether oxygens (including phenoxy) is 1. The van der Waals surface area contributed by atoms with Gasteiger partial charge in [0.1, 0.15) is 5.75 Å². The maximum atomic E-state index is 5.81. The zero-order chi connectivity index (χ0) is 19.5. The molecule has 1 saturated heterocycles. The van der Waals surface area contributed by atoms with E-state index in [1.807, 2.05) is 35.0 Å². The van der Waals surface area contributed by atoms with Gasteiger partial charge in [-0.05, 0) is 68.1 Å². The van der Waals surface area contributed by atoms with Gasteiger partial charge in [-0.15, -0.1) is 6.58 Å². The van der Waals surface area contributed by atoms with Crippen LogP contribution in [0.5, 0.6) is 5.75 Å². The fourth-order valence-electron chi connectivity index (χ4n) is 4.86. The van der Waals surface area contributed by atoms with Gasteiger partial charge in [0.05, 0.1) is 13.8 Å². The van der Waals surface area contributed by atoms with E-state index < -0.39 is 0 Å². The van der Waals surface area contributed by atoms with E-state index in [1.165, 1.54) is 38.5 Å². The van der Waals surface area contributed by atoms with E-state index in [4.69, 9.17) is 22.1 Å². The summed E-state index contributed by atoms with van der Waals surface area (Å²) in [5.41, 5.74) is 1.04. The first-order chi connectivity index (χ1) is 13.7. The predicted molar refractivity (Wildman–Crippen MR) is 115 cm³/mol. The van der Waals surface area contributed by atoms with Crippen LogP contribution in [0.25, 0.3) is 11.4 Å². The van der Waals surface area contributed by atoms with Crippen molar-refractivity contribution < 1.29 is 4.74 Å². The molecular weight excluding hydrogens is 368 g/mol. The molecule has 0 amide bonds. The van der Waals surface area contributed by atoms with Gasteiger partial charge in [-0.3, -0.25) is 9.47 Å². The molecule has 4 rings (SSSR count). The minimum atomic E-state index is 0.659. The maximum Gasteiger partial charge on any atom is 0.199 e. The smallest absolute Gasteiger partial charge is 0.199 e. The Bertz CT molecular complexity index is 868. The second-order valence-corrected chi connectivity index (χ2v) is 8.31. The number of piperidine rings is 1. The summed E-state index contributed by atoms with van der Waals surface area (Å²) in [4.78, 5) is 2.62. The summed E-state index contributed by atoms with van der Waals surface area (Å²) >= 11 is 5.81. The lowest BCUT2D eigenvalue weighted by atomic mass is 9.78. The third-order valence-corrected chi connectivity index (χ3v) is 6.69. The number of hydrogen-bond acceptors (Lipinski definition) is 4. The molecule has 0 radical (unpaired) electrons. The summed E-state index contributed by atoms with van der Waals surface area (Å²) in [7, 11) is 1.68. The van der Waals surface area contributed by atoms with Crippen LogP contribution >= 0.6 is 12.2 Å². The minimum absolute atomic E-state index is 0.659. The third-order valence-electron chi connectivity index (χ3n) is 6.26. The van der Waals surface area contributed by atoms with Gasteiger partial charge < -0.3 is 4.74 Å². The average molecular weight is 399 g/mol. The lowest BCUT2D eigenvalue weighted by Crippen LogP contribution is -2.47. The summed E-state index contributed by atoms with van der Waals surface area (Å²) in [6, 6.07) is 8.70.